The van der Waals surface area contributed by atoms with Crippen molar-refractivity contribution < 1.29 is 9.59 Å². The lowest BCUT2D eigenvalue weighted by atomic mass is 10.2. The fraction of sp³-hybridized carbons (Fsp3) is 0.800. The Morgan fingerprint density at radius 2 is 2.44 bits per heavy atom. The molecule has 6 nitrogen and oxygen atoms in total. The van der Waals surface area contributed by atoms with Crippen LogP contribution in [0.4, 0.5) is 4.79 Å². The summed E-state index contributed by atoms with van der Waals surface area (Å²) in [6.45, 7) is 5.74. The minimum Gasteiger partial charge on any atom is -0.355 e. The number of nitrogens with zero attached hydrogens (tertiary/aromatic N) is 2. The number of fused-ring (bicyclic) bond motifs is 1. The molecule has 0 aromatic carbocycles. The van der Waals surface area contributed by atoms with Crippen molar-refractivity contribution in [3.63, 3.8) is 0 Å². The number of hydrogen-bond acceptors (Lipinski definition) is 3. The quantitative estimate of drug-likeness (QED) is 0.637. The molecule has 1 unspecified atom stereocenters. The Bertz CT molecular complexity index is 295. The fourth-order valence-corrected chi connectivity index (χ4v) is 2.25. The van der Waals surface area contributed by atoms with Gasteiger partial charge in [0, 0.05) is 32.7 Å². The molecule has 1 atom stereocenters. The number of piperazine rings is 1. The van der Waals surface area contributed by atoms with Crippen molar-refractivity contribution in [1.29, 1.82) is 0 Å². The molecule has 0 aromatic rings. The Morgan fingerprint density at radius 3 is 3.12 bits per heavy atom. The van der Waals surface area contributed by atoms with Gasteiger partial charge in [0.2, 0.25) is 5.91 Å². The van der Waals surface area contributed by atoms with Crippen molar-refractivity contribution in [2.75, 3.05) is 39.3 Å². The predicted octanol–water partition coefficient (Wildman–Crippen LogP) is -1.17. The molecule has 0 saturated carbocycles. The highest BCUT2D eigenvalue weighted by atomic mass is 16.2. The van der Waals surface area contributed by atoms with Gasteiger partial charge in [-0.2, -0.15) is 0 Å². The Hall–Kier alpha value is -1.30. The van der Waals surface area contributed by atoms with Crippen molar-refractivity contribution in [3.8, 4) is 0 Å². The molecule has 90 valence electrons. The van der Waals surface area contributed by atoms with Crippen LogP contribution >= 0.6 is 0 Å². The standard InChI is InChI=1S/C10H18N4O2/c1-2-12-9(15)7-13-6-8-5-11-3-4-14(8)10(13)16/h8,11H,2-7H2,1H3,(H,12,15). The summed E-state index contributed by atoms with van der Waals surface area (Å²) in [7, 11) is 0. The number of amides is 3. The molecular formula is C10H18N4O2. The number of likely N-dealkylation sites (N-methyl/N-ethyl adjacent to an activating group) is 1. The van der Waals surface area contributed by atoms with Gasteiger partial charge in [0.25, 0.3) is 0 Å². The third kappa shape index (κ3) is 2.11. The molecule has 2 aliphatic rings. The summed E-state index contributed by atoms with van der Waals surface area (Å²) < 4.78 is 0. The van der Waals surface area contributed by atoms with E-state index in [4.69, 9.17) is 0 Å². The highest BCUT2D eigenvalue weighted by molar-refractivity contribution is 5.85. The minimum absolute atomic E-state index is 0.00208. The third-order valence-electron chi connectivity index (χ3n) is 3.01. The molecule has 2 rings (SSSR count). The molecule has 6 heteroatoms. The summed E-state index contributed by atoms with van der Waals surface area (Å²) in [5, 5.41) is 5.96. The van der Waals surface area contributed by atoms with Crippen LogP contribution in [0.1, 0.15) is 6.92 Å². The largest absolute Gasteiger partial charge is 0.355 e. The monoisotopic (exact) mass is 226 g/mol. The molecule has 2 N–H and O–H groups in total. The maximum absolute atomic E-state index is 11.9. The summed E-state index contributed by atoms with van der Waals surface area (Å²) in [5.74, 6) is -0.0799. The zero-order valence-electron chi connectivity index (χ0n) is 9.53. The SMILES string of the molecule is CCNC(=O)CN1CC2CNCCN2C1=O. The highest BCUT2D eigenvalue weighted by Gasteiger charge is 2.38. The number of urea groups is 1. The van der Waals surface area contributed by atoms with Crippen LogP contribution < -0.4 is 10.6 Å². The van der Waals surface area contributed by atoms with Crippen LogP contribution in [0.15, 0.2) is 0 Å². The van der Waals surface area contributed by atoms with Crippen molar-refractivity contribution in [2.45, 2.75) is 13.0 Å². The summed E-state index contributed by atoms with van der Waals surface area (Å²) in [6, 6.07) is 0.230. The van der Waals surface area contributed by atoms with Gasteiger partial charge in [-0.05, 0) is 6.92 Å². The van der Waals surface area contributed by atoms with Gasteiger partial charge in [-0.3, -0.25) is 4.79 Å². The zero-order chi connectivity index (χ0) is 11.5. The van der Waals surface area contributed by atoms with Crippen LogP contribution in [-0.2, 0) is 4.79 Å². The van der Waals surface area contributed by atoms with E-state index in [0.717, 1.165) is 19.6 Å². The van der Waals surface area contributed by atoms with Gasteiger partial charge in [0.15, 0.2) is 0 Å². The normalized spacial score (nSPS) is 24.6. The second-order valence-electron chi connectivity index (χ2n) is 4.17. The second kappa shape index (κ2) is 4.69. The first-order valence-electron chi connectivity index (χ1n) is 5.75. The number of nitrogens with one attached hydrogen (secondary N) is 2. The minimum atomic E-state index is -0.0799. The predicted molar refractivity (Wildman–Crippen MR) is 59.0 cm³/mol. The Morgan fingerprint density at radius 1 is 1.62 bits per heavy atom. The van der Waals surface area contributed by atoms with E-state index in [2.05, 4.69) is 10.6 Å². The molecule has 2 fully saturated rings. The second-order valence-corrected chi connectivity index (χ2v) is 4.17. The van der Waals surface area contributed by atoms with Crippen LogP contribution in [0, 0.1) is 0 Å². The first kappa shape index (κ1) is 11.2. The topological polar surface area (TPSA) is 64.7 Å². The molecule has 16 heavy (non-hydrogen) atoms. The van der Waals surface area contributed by atoms with Crippen LogP contribution in [0.2, 0.25) is 0 Å². The fourth-order valence-electron chi connectivity index (χ4n) is 2.25. The Balaban J connectivity index is 1.92. The van der Waals surface area contributed by atoms with E-state index < -0.39 is 0 Å². The van der Waals surface area contributed by atoms with E-state index >= 15 is 0 Å². The maximum atomic E-state index is 11.9. The van der Waals surface area contributed by atoms with Crippen LogP contribution in [-0.4, -0.2) is 67.0 Å². The Kier molecular flexibility index (Phi) is 3.28. The number of carbonyl (C=O) groups excluding carboxylic acids is 2. The summed E-state index contributed by atoms with van der Waals surface area (Å²) >= 11 is 0. The highest BCUT2D eigenvalue weighted by Crippen LogP contribution is 2.16. The van der Waals surface area contributed by atoms with Gasteiger partial charge >= 0.3 is 6.03 Å². The van der Waals surface area contributed by atoms with Crippen molar-refractivity contribution in [1.82, 2.24) is 20.4 Å². The van der Waals surface area contributed by atoms with Crippen molar-refractivity contribution in [3.05, 3.63) is 0 Å². The number of carbonyl (C=O) groups is 2. The lowest BCUT2D eigenvalue weighted by molar-refractivity contribution is -0.121. The Labute approximate surface area is 95.0 Å². The molecule has 2 aliphatic heterocycles. The summed E-state index contributed by atoms with van der Waals surface area (Å²) in [4.78, 5) is 26.8. The summed E-state index contributed by atoms with van der Waals surface area (Å²) in [5.41, 5.74) is 0. The molecule has 0 bridgehead atoms. The molecule has 0 aliphatic carbocycles. The van der Waals surface area contributed by atoms with Gasteiger partial charge in [-0.15, -0.1) is 0 Å². The van der Waals surface area contributed by atoms with Crippen molar-refractivity contribution >= 4 is 11.9 Å². The van der Waals surface area contributed by atoms with E-state index in [1.54, 1.807) is 4.90 Å². The molecule has 3 amide bonds. The van der Waals surface area contributed by atoms with Gasteiger partial charge in [-0.25, -0.2) is 4.79 Å². The van der Waals surface area contributed by atoms with E-state index in [0.29, 0.717) is 13.1 Å². The zero-order valence-corrected chi connectivity index (χ0v) is 9.53. The number of hydrogen-bond donors (Lipinski definition) is 2. The molecule has 2 saturated heterocycles. The van der Waals surface area contributed by atoms with E-state index in [-0.39, 0.29) is 24.5 Å². The van der Waals surface area contributed by atoms with Gasteiger partial charge in [0.1, 0.15) is 6.54 Å². The van der Waals surface area contributed by atoms with Crippen LogP contribution in [0.3, 0.4) is 0 Å². The van der Waals surface area contributed by atoms with E-state index in [9.17, 15) is 9.59 Å². The molecular weight excluding hydrogens is 208 g/mol. The van der Waals surface area contributed by atoms with Gasteiger partial charge < -0.3 is 20.4 Å². The van der Waals surface area contributed by atoms with E-state index in [1.807, 2.05) is 11.8 Å². The van der Waals surface area contributed by atoms with Gasteiger partial charge in [-0.1, -0.05) is 0 Å². The molecule has 0 aromatic heterocycles. The smallest absolute Gasteiger partial charge is 0.320 e. The van der Waals surface area contributed by atoms with Gasteiger partial charge in [0.05, 0.1) is 6.04 Å². The average Bonchev–Trinajstić information content (AvgIpc) is 2.57. The number of rotatable bonds is 3. The molecule has 0 radical (unpaired) electrons. The van der Waals surface area contributed by atoms with Crippen LogP contribution in [0.25, 0.3) is 0 Å². The van der Waals surface area contributed by atoms with Crippen molar-refractivity contribution in [2.24, 2.45) is 0 Å². The first-order valence-corrected chi connectivity index (χ1v) is 5.75. The average molecular weight is 226 g/mol. The molecule has 2 heterocycles. The third-order valence-corrected chi connectivity index (χ3v) is 3.01. The lowest BCUT2D eigenvalue weighted by Gasteiger charge is -2.28. The summed E-state index contributed by atoms with van der Waals surface area (Å²) in [6.07, 6.45) is 0. The van der Waals surface area contributed by atoms with Crippen LogP contribution in [0.5, 0.6) is 0 Å². The maximum Gasteiger partial charge on any atom is 0.320 e. The lowest BCUT2D eigenvalue weighted by Crippen LogP contribution is -2.50. The van der Waals surface area contributed by atoms with E-state index in [1.165, 1.54) is 0 Å². The molecule has 0 spiro atoms. The first-order chi connectivity index (χ1) is 7.72.